The highest BCUT2D eigenvalue weighted by atomic mass is 32.2. The van der Waals surface area contributed by atoms with E-state index in [0.717, 1.165) is 24.6 Å². The number of sulfonamides is 1. The summed E-state index contributed by atoms with van der Waals surface area (Å²) in [7, 11) is -3.67. The average Bonchev–Trinajstić information content (AvgIpc) is 3.14. The van der Waals surface area contributed by atoms with Gasteiger partial charge in [0, 0.05) is 19.5 Å². The lowest BCUT2D eigenvalue weighted by Gasteiger charge is -2.21. The van der Waals surface area contributed by atoms with E-state index in [2.05, 4.69) is 14.9 Å². The molecule has 4 rings (SSSR count). The first-order valence-electron chi connectivity index (χ1n) is 7.81. The molecule has 128 valence electrons. The molecule has 1 atom stereocenters. The lowest BCUT2D eigenvalue weighted by Crippen LogP contribution is -2.31. The van der Waals surface area contributed by atoms with Crippen molar-refractivity contribution >= 4 is 10.0 Å². The van der Waals surface area contributed by atoms with E-state index in [4.69, 9.17) is 9.47 Å². The van der Waals surface area contributed by atoms with Gasteiger partial charge in [0.1, 0.15) is 29.8 Å². The van der Waals surface area contributed by atoms with E-state index in [0.29, 0.717) is 25.5 Å². The van der Waals surface area contributed by atoms with Gasteiger partial charge in [0.15, 0.2) is 11.5 Å². The largest absolute Gasteiger partial charge is 0.486 e. The fraction of sp³-hybridized carbons (Fsp3) is 0.467. The van der Waals surface area contributed by atoms with Crippen LogP contribution in [0.15, 0.2) is 23.1 Å². The molecule has 8 nitrogen and oxygen atoms in total. The molecule has 2 aliphatic heterocycles. The maximum absolute atomic E-state index is 12.7. The van der Waals surface area contributed by atoms with Gasteiger partial charge in [-0.05, 0) is 25.0 Å². The first kappa shape index (κ1) is 15.4. The number of aromatic nitrogens is 3. The minimum atomic E-state index is -3.67. The van der Waals surface area contributed by atoms with Crippen molar-refractivity contribution in [3.8, 4) is 11.5 Å². The Morgan fingerprint density at radius 1 is 1.29 bits per heavy atom. The molecule has 1 aromatic carbocycles. The molecular formula is C15H18N4O4S. The number of benzene rings is 1. The van der Waals surface area contributed by atoms with Crippen LogP contribution in [0.25, 0.3) is 0 Å². The minimum absolute atomic E-state index is 0.119. The van der Waals surface area contributed by atoms with Crippen LogP contribution in [-0.4, -0.2) is 42.9 Å². The van der Waals surface area contributed by atoms with Crippen LogP contribution in [0.4, 0.5) is 0 Å². The van der Waals surface area contributed by atoms with Crippen molar-refractivity contribution in [1.29, 1.82) is 0 Å². The number of nitrogens with one attached hydrogen (secondary N) is 1. The molecule has 0 amide bonds. The summed E-state index contributed by atoms with van der Waals surface area (Å²) in [5.41, 5.74) is 0. The molecule has 0 saturated heterocycles. The lowest BCUT2D eigenvalue weighted by molar-refractivity contribution is 0.167. The lowest BCUT2D eigenvalue weighted by atomic mass is 10.1. The SMILES string of the molecule is Cc1nnc2n1CC(CNS(=O)(=O)c1cccc3c1OCCO3)C2. The zero-order valence-corrected chi connectivity index (χ0v) is 14.0. The van der Waals surface area contributed by atoms with Crippen molar-refractivity contribution in [3.63, 3.8) is 0 Å². The van der Waals surface area contributed by atoms with Crippen LogP contribution in [0.3, 0.4) is 0 Å². The molecule has 9 heteroatoms. The van der Waals surface area contributed by atoms with Crippen molar-refractivity contribution in [1.82, 2.24) is 19.5 Å². The quantitative estimate of drug-likeness (QED) is 0.863. The van der Waals surface area contributed by atoms with E-state index in [9.17, 15) is 8.42 Å². The molecule has 2 aromatic rings. The highest BCUT2D eigenvalue weighted by Crippen LogP contribution is 2.36. The molecule has 24 heavy (non-hydrogen) atoms. The maximum atomic E-state index is 12.7. The molecule has 0 spiro atoms. The van der Waals surface area contributed by atoms with Gasteiger partial charge in [-0.15, -0.1) is 10.2 Å². The van der Waals surface area contributed by atoms with E-state index in [1.165, 1.54) is 6.07 Å². The fourth-order valence-electron chi connectivity index (χ4n) is 3.09. The van der Waals surface area contributed by atoms with E-state index in [1.54, 1.807) is 12.1 Å². The summed E-state index contributed by atoms with van der Waals surface area (Å²) in [6.07, 6.45) is 0.718. The molecule has 1 N–H and O–H groups in total. The Labute approximate surface area is 139 Å². The van der Waals surface area contributed by atoms with Crippen LogP contribution in [0.2, 0.25) is 0 Å². The summed E-state index contributed by atoms with van der Waals surface area (Å²) < 4.78 is 41.0. The minimum Gasteiger partial charge on any atom is -0.486 e. The standard InChI is InChI=1S/C15H18N4O4S/c1-10-17-18-14-7-11(9-19(10)14)8-16-24(20,21)13-4-2-3-12-15(13)23-6-5-22-12/h2-4,11,16H,5-9H2,1H3. The molecule has 1 aromatic heterocycles. The van der Waals surface area contributed by atoms with Gasteiger partial charge < -0.3 is 14.0 Å². The highest BCUT2D eigenvalue weighted by Gasteiger charge is 2.29. The molecular weight excluding hydrogens is 332 g/mol. The smallest absolute Gasteiger partial charge is 0.244 e. The van der Waals surface area contributed by atoms with Gasteiger partial charge in [0.05, 0.1) is 0 Å². The third kappa shape index (κ3) is 2.63. The van der Waals surface area contributed by atoms with Gasteiger partial charge in [-0.2, -0.15) is 0 Å². The molecule has 1 unspecified atom stereocenters. The van der Waals surface area contributed by atoms with Crippen molar-refractivity contribution < 1.29 is 17.9 Å². The van der Waals surface area contributed by atoms with Crippen LogP contribution in [0, 0.1) is 12.8 Å². The third-order valence-electron chi connectivity index (χ3n) is 4.31. The predicted molar refractivity (Wildman–Crippen MR) is 84.6 cm³/mol. The molecule has 3 heterocycles. The summed E-state index contributed by atoms with van der Waals surface area (Å²) in [6.45, 7) is 3.73. The topological polar surface area (TPSA) is 95.3 Å². The summed E-state index contributed by atoms with van der Waals surface area (Å²) in [4.78, 5) is 0.119. The van der Waals surface area contributed by atoms with Gasteiger partial charge >= 0.3 is 0 Å². The normalized spacial score (nSPS) is 19.3. The van der Waals surface area contributed by atoms with Gasteiger partial charge in [0.2, 0.25) is 10.0 Å². The predicted octanol–water partition coefficient (Wildman–Crippen LogP) is 0.509. The van der Waals surface area contributed by atoms with Crippen LogP contribution in [0.5, 0.6) is 11.5 Å². The molecule has 0 aliphatic carbocycles. The number of rotatable bonds is 4. The van der Waals surface area contributed by atoms with Crippen LogP contribution < -0.4 is 14.2 Å². The fourth-order valence-corrected chi connectivity index (χ4v) is 4.37. The number of hydrogen-bond donors (Lipinski definition) is 1. The second-order valence-electron chi connectivity index (χ2n) is 5.98. The van der Waals surface area contributed by atoms with Crippen LogP contribution in [0.1, 0.15) is 11.6 Å². The van der Waals surface area contributed by atoms with E-state index < -0.39 is 10.0 Å². The zero-order valence-electron chi connectivity index (χ0n) is 13.2. The van der Waals surface area contributed by atoms with Crippen molar-refractivity contribution in [3.05, 3.63) is 29.8 Å². The Hall–Kier alpha value is -2.13. The second kappa shape index (κ2) is 5.75. The highest BCUT2D eigenvalue weighted by molar-refractivity contribution is 7.89. The first-order valence-corrected chi connectivity index (χ1v) is 9.30. The Morgan fingerprint density at radius 2 is 2.12 bits per heavy atom. The zero-order chi connectivity index (χ0) is 16.7. The third-order valence-corrected chi connectivity index (χ3v) is 5.75. The van der Waals surface area contributed by atoms with Crippen molar-refractivity contribution in [2.24, 2.45) is 5.92 Å². The average molecular weight is 350 g/mol. The number of fused-ring (bicyclic) bond motifs is 2. The first-order chi connectivity index (χ1) is 11.5. The van der Waals surface area contributed by atoms with Crippen molar-refractivity contribution in [2.45, 2.75) is 24.8 Å². The van der Waals surface area contributed by atoms with Crippen molar-refractivity contribution in [2.75, 3.05) is 19.8 Å². The van der Waals surface area contributed by atoms with E-state index >= 15 is 0 Å². The second-order valence-corrected chi connectivity index (χ2v) is 7.71. The van der Waals surface area contributed by atoms with E-state index in [-0.39, 0.29) is 16.6 Å². The summed E-state index contributed by atoms with van der Waals surface area (Å²) in [6, 6.07) is 4.89. The molecule has 0 bridgehead atoms. The summed E-state index contributed by atoms with van der Waals surface area (Å²) >= 11 is 0. The molecule has 2 aliphatic rings. The number of para-hydroxylation sites is 1. The number of nitrogens with zero attached hydrogens (tertiary/aromatic N) is 3. The molecule has 0 saturated carbocycles. The summed E-state index contributed by atoms with van der Waals surface area (Å²) in [5.74, 6) is 2.69. The van der Waals surface area contributed by atoms with Gasteiger partial charge in [0.25, 0.3) is 0 Å². The Balaban J connectivity index is 1.49. The monoisotopic (exact) mass is 350 g/mol. The number of hydrogen-bond acceptors (Lipinski definition) is 6. The van der Waals surface area contributed by atoms with Gasteiger partial charge in [-0.1, -0.05) is 6.07 Å². The Morgan fingerprint density at radius 3 is 2.96 bits per heavy atom. The van der Waals surface area contributed by atoms with Crippen LogP contribution >= 0.6 is 0 Å². The number of aryl methyl sites for hydroxylation is 1. The van der Waals surface area contributed by atoms with Gasteiger partial charge in [-0.25, -0.2) is 13.1 Å². The Bertz CT molecular complexity index is 878. The molecule has 0 fully saturated rings. The van der Waals surface area contributed by atoms with Crippen LogP contribution in [-0.2, 0) is 23.0 Å². The summed E-state index contributed by atoms with van der Waals surface area (Å²) in [5, 5.41) is 8.13. The van der Waals surface area contributed by atoms with Gasteiger partial charge in [-0.3, -0.25) is 0 Å². The Kier molecular flexibility index (Phi) is 3.69. The maximum Gasteiger partial charge on any atom is 0.244 e. The molecule has 0 radical (unpaired) electrons. The number of ether oxygens (including phenoxy) is 2. The van der Waals surface area contributed by atoms with E-state index in [1.807, 2.05) is 11.5 Å².